The van der Waals surface area contributed by atoms with Gasteiger partial charge >= 0.3 is 0 Å². The summed E-state index contributed by atoms with van der Waals surface area (Å²) < 4.78 is 39.6. The first-order valence-electron chi connectivity index (χ1n) is 7.25. The van der Waals surface area contributed by atoms with E-state index in [1.807, 2.05) is 0 Å². The predicted octanol–water partition coefficient (Wildman–Crippen LogP) is 4.61. The van der Waals surface area contributed by atoms with E-state index in [1.165, 1.54) is 28.4 Å². The molecule has 1 aliphatic rings. The number of thiophene rings is 1. The number of alkyl halides is 2. The fraction of sp³-hybridized carbons (Fsp3) is 0.438. The number of hydrogen-bond donors (Lipinski definition) is 0. The third-order valence-corrected chi connectivity index (χ3v) is 5.45. The number of fused-ring (bicyclic) bond motifs is 1. The molecule has 0 radical (unpaired) electrons. The Morgan fingerprint density at radius 2 is 2.14 bits per heavy atom. The molecule has 22 heavy (non-hydrogen) atoms. The summed E-state index contributed by atoms with van der Waals surface area (Å²) in [4.78, 5) is 14.4. The number of nitrogens with zero attached hydrogens (tertiary/aromatic N) is 1. The number of aryl methyl sites for hydroxylation is 1. The molecule has 0 aliphatic heterocycles. The maximum atomic E-state index is 13.3. The van der Waals surface area contributed by atoms with Crippen LogP contribution < -0.4 is 0 Å². The van der Waals surface area contributed by atoms with Crippen LogP contribution in [0.4, 0.5) is 13.2 Å². The van der Waals surface area contributed by atoms with E-state index >= 15 is 0 Å². The van der Waals surface area contributed by atoms with Gasteiger partial charge in [-0.3, -0.25) is 4.79 Å². The first kappa shape index (κ1) is 15.3. The Morgan fingerprint density at radius 3 is 2.73 bits per heavy atom. The van der Waals surface area contributed by atoms with E-state index < -0.39 is 13.0 Å². The SMILES string of the molecule is Cc1c(C(=O)N(CC(F)F)C2CCC2)sc2cc(F)ccc12. The molecule has 0 atom stereocenters. The second-order valence-corrected chi connectivity index (χ2v) is 6.68. The summed E-state index contributed by atoms with van der Waals surface area (Å²) in [6, 6.07) is 4.26. The van der Waals surface area contributed by atoms with Crippen molar-refractivity contribution in [3.05, 3.63) is 34.5 Å². The first-order chi connectivity index (χ1) is 10.5. The summed E-state index contributed by atoms with van der Waals surface area (Å²) in [7, 11) is 0. The number of rotatable bonds is 4. The average molecular weight is 327 g/mol. The van der Waals surface area contributed by atoms with Gasteiger partial charge in [-0.25, -0.2) is 13.2 Å². The molecule has 2 aromatic rings. The molecule has 1 saturated carbocycles. The molecule has 1 aromatic heterocycles. The minimum absolute atomic E-state index is 0.0946. The zero-order valence-electron chi connectivity index (χ0n) is 12.1. The van der Waals surface area contributed by atoms with Gasteiger partial charge in [-0.2, -0.15) is 0 Å². The number of carbonyl (C=O) groups is 1. The lowest BCUT2D eigenvalue weighted by molar-refractivity contribution is 0.0311. The lowest BCUT2D eigenvalue weighted by atomic mass is 9.91. The standard InChI is InChI=1S/C16H16F3NOS/c1-9-12-6-5-10(17)7-13(12)22-15(9)16(21)20(8-14(18)19)11-3-2-4-11/h5-7,11,14H,2-4,8H2,1H3. The van der Waals surface area contributed by atoms with E-state index in [0.29, 0.717) is 9.58 Å². The van der Waals surface area contributed by atoms with Gasteiger partial charge in [0.15, 0.2) is 0 Å². The molecular weight excluding hydrogens is 311 g/mol. The minimum Gasteiger partial charge on any atom is -0.329 e. The molecule has 6 heteroatoms. The zero-order valence-corrected chi connectivity index (χ0v) is 12.9. The predicted molar refractivity (Wildman–Crippen MR) is 81.2 cm³/mol. The smallest absolute Gasteiger partial charge is 0.264 e. The molecular formula is C16H16F3NOS. The summed E-state index contributed by atoms with van der Waals surface area (Å²) in [6.07, 6.45) is -0.0285. The maximum absolute atomic E-state index is 13.3. The molecule has 2 nitrogen and oxygen atoms in total. The van der Waals surface area contributed by atoms with E-state index in [4.69, 9.17) is 0 Å². The molecule has 1 aliphatic carbocycles. The molecule has 118 valence electrons. The van der Waals surface area contributed by atoms with E-state index in [1.54, 1.807) is 13.0 Å². The Morgan fingerprint density at radius 1 is 1.41 bits per heavy atom. The van der Waals surface area contributed by atoms with Crippen molar-refractivity contribution in [3.63, 3.8) is 0 Å². The van der Waals surface area contributed by atoms with Gasteiger partial charge in [0, 0.05) is 10.7 Å². The molecule has 0 saturated heterocycles. The number of carbonyl (C=O) groups excluding carboxylic acids is 1. The van der Waals surface area contributed by atoms with Crippen molar-refractivity contribution in [1.29, 1.82) is 0 Å². The van der Waals surface area contributed by atoms with Crippen molar-refractivity contribution in [1.82, 2.24) is 4.90 Å². The molecule has 1 amide bonds. The molecule has 0 bridgehead atoms. The van der Waals surface area contributed by atoms with Crippen LogP contribution in [-0.2, 0) is 0 Å². The Labute approximate surface area is 130 Å². The van der Waals surface area contributed by atoms with Crippen LogP contribution in [0, 0.1) is 12.7 Å². The summed E-state index contributed by atoms with van der Waals surface area (Å²) in [5.41, 5.74) is 0.739. The molecule has 1 aromatic carbocycles. The minimum atomic E-state index is -2.54. The molecule has 1 heterocycles. The van der Waals surface area contributed by atoms with Crippen molar-refractivity contribution in [3.8, 4) is 0 Å². The van der Waals surface area contributed by atoms with Crippen LogP contribution in [-0.4, -0.2) is 29.8 Å². The zero-order chi connectivity index (χ0) is 15.9. The number of hydrogen-bond acceptors (Lipinski definition) is 2. The van der Waals surface area contributed by atoms with Crippen molar-refractivity contribution in [2.75, 3.05) is 6.54 Å². The maximum Gasteiger partial charge on any atom is 0.264 e. The van der Waals surface area contributed by atoms with Gasteiger partial charge in [0.1, 0.15) is 5.82 Å². The Bertz CT molecular complexity index is 709. The molecule has 1 fully saturated rings. The third-order valence-electron chi connectivity index (χ3n) is 4.21. The summed E-state index contributed by atoms with van der Waals surface area (Å²) in [5, 5.41) is 0.806. The van der Waals surface area contributed by atoms with Crippen LogP contribution in [0.1, 0.15) is 34.5 Å². The van der Waals surface area contributed by atoms with Crippen LogP contribution in [0.15, 0.2) is 18.2 Å². The Hall–Kier alpha value is -1.56. The molecule has 0 unspecified atom stereocenters. The van der Waals surface area contributed by atoms with E-state index in [-0.39, 0.29) is 17.8 Å². The van der Waals surface area contributed by atoms with Gasteiger partial charge in [0.25, 0.3) is 12.3 Å². The monoisotopic (exact) mass is 327 g/mol. The molecule has 0 N–H and O–H groups in total. The van der Waals surface area contributed by atoms with Crippen molar-refractivity contribution >= 4 is 27.3 Å². The van der Waals surface area contributed by atoms with Crippen LogP contribution in [0.25, 0.3) is 10.1 Å². The average Bonchev–Trinajstić information content (AvgIpc) is 2.71. The quantitative estimate of drug-likeness (QED) is 0.803. The normalized spacial score (nSPS) is 15.3. The highest BCUT2D eigenvalue weighted by Crippen LogP contribution is 2.34. The van der Waals surface area contributed by atoms with Gasteiger partial charge in [-0.05, 0) is 49.3 Å². The summed E-state index contributed by atoms with van der Waals surface area (Å²) >= 11 is 1.18. The van der Waals surface area contributed by atoms with Gasteiger partial charge in [-0.1, -0.05) is 6.07 Å². The van der Waals surface area contributed by atoms with Gasteiger partial charge < -0.3 is 4.90 Å². The second-order valence-electron chi connectivity index (χ2n) is 5.63. The highest BCUT2D eigenvalue weighted by molar-refractivity contribution is 7.21. The fourth-order valence-electron chi connectivity index (χ4n) is 2.78. The first-order valence-corrected chi connectivity index (χ1v) is 8.07. The van der Waals surface area contributed by atoms with Crippen molar-refractivity contribution in [2.24, 2.45) is 0 Å². The lowest BCUT2D eigenvalue weighted by Crippen LogP contribution is -2.46. The van der Waals surface area contributed by atoms with Crippen LogP contribution in [0.2, 0.25) is 0 Å². The van der Waals surface area contributed by atoms with Gasteiger partial charge in [0.05, 0.1) is 11.4 Å². The van der Waals surface area contributed by atoms with E-state index in [9.17, 15) is 18.0 Å². The van der Waals surface area contributed by atoms with Crippen molar-refractivity contribution < 1.29 is 18.0 Å². The third kappa shape index (κ3) is 2.72. The topological polar surface area (TPSA) is 20.3 Å². The number of amides is 1. The van der Waals surface area contributed by atoms with Crippen LogP contribution >= 0.6 is 11.3 Å². The lowest BCUT2D eigenvalue weighted by Gasteiger charge is -2.37. The van der Waals surface area contributed by atoms with Crippen LogP contribution in [0.3, 0.4) is 0 Å². The van der Waals surface area contributed by atoms with E-state index in [0.717, 1.165) is 30.2 Å². The number of benzene rings is 1. The van der Waals surface area contributed by atoms with Gasteiger partial charge in [0.2, 0.25) is 0 Å². The summed E-state index contributed by atoms with van der Waals surface area (Å²) in [5.74, 6) is -0.722. The number of halogens is 3. The summed E-state index contributed by atoms with van der Waals surface area (Å²) in [6.45, 7) is 1.25. The second kappa shape index (κ2) is 5.91. The Kier molecular flexibility index (Phi) is 4.12. The fourth-order valence-corrected chi connectivity index (χ4v) is 3.97. The highest BCUT2D eigenvalue weighted by Gasteiger charge is 2.33. The van der Waals surface area contributed by atoms with Crippen LogP contribution in [0.5, 0.6) is 0 Å². The largest absolute Gasteiger partial charge is 0.329 e. The van der Waals surface area contributed by atoms with Crippen molar-refractivity contribution in [2.45, 2.75) is 38.7 Å². The molecule has 3 rings (SSSR count). The Balaban J connectivity index is 1.97. The van der Waals surface area contributed by atoms with Gasteiger partial charge in [-0.15, -0.1) is 11.3 Å². The van der Waals surface area contributed by atoms with E-state index in [2.05, 4.69) is 0 Å². The molecule has 0 spiro atoms. The highest BCUT2D eigenvalue weighted by atomic mass is 32.1.